The van der Waals surface area contributed by atoms with Crippen molar-refractivity contribution in [2.45, 2.75) is 128 Å². The van der Waals surface area contributed by atoms with Gasteiger partial charge in [-0.2, -0.15) is 0 Å². The second-order valence-corrected chi connectivity index (χ2v) is 25.8. The molecule has 0 radical (unpaired) electrons. The summed E-state index contributed by atoms with van der Waals surface area (Å²) in [6.07, 6.45) is 12.9. The summed E-state index contributed by atoms with van der Waals surface area (Å²) in [6, 6.07) is 8.65. The number of carbonyl (C=O) groups excluding carboxylic acids is 1. The molecule has 2 aromatic rings. The van der Waals surface area contributed by atoms with Gasteiger partial charge in [-0.05, 0) is 72.4 Å². The van der Waals surface area contributed by atoms with E-state index in [-0.39, 0.29) is 46.2 Å². The number of benzene rings is 1. The molecule has 42 heavy (non-hydrogen) atoms. The summed E-state index contributed by atoms with van der Waals surface area (Å²) in [5.41, 5.74) is 1.24. The molecule has 1 aliphatic carbocycles. The Morgan fingerprint density at radius 3 is 2.38 bits per heavy atom. The molecule has 1 aliphatic heterocycles. The number of thiophene rings is 1. The van der Waals surface area contributed by atoms with Crippen molar-refractivity contribution in [1.82, 2.24) is 0 Å². The zero-order valence-corrected chi connectivity index (χ0v) is 30.5. The maximum absolute atomic E-state index is 12.8. The van der Waals surface area contributed by atoms with Crippen molar-refractivity contribution in [3.63, 3.8) is 0 Å². The van der Waals surface area contributed by atoms with Crippen molar-refractivity contribution < 1.29 is 18.4 Å². The second-order valence-electron chi connectivity index (χ2n) is 15.4. The molecule has 7 heteroatoms. The van der Waals surface area contributed by atoms with Crippen LogP contribution in [0, 0.1) is 11.8 Å². The number of hydrogen-bond donors (Lipinski definition) is 0. The number of fused-ring (bicyclic) bond motifs is 2. The highest BCUT2D eigenvalue weighted by Gasteiger charge is 2.49. The average Bonchev–Trinajstić information content (AvgIpc) is 3.43. The summed E-state index contributed by atoms with van der Waals surface area (Å²) in [5.74, 6) is 0.248. The maximum Gasteiger partial charge on any atom is 0.306 e. The molecule has 0 spiro atoms. The molecule has 0 N–H and O–H groups in total. The van der Waals surface area contributed by atoms with Gasteiger partial charge in [-0.1, -0.05) is 84.0 Å². The molecule has 232 valence electrons. The molecule has 4 nitrogen and oxygen atoms in total. The minimum Gasteiger partial charge on any atom is -0.462 e. The van der Waals surface area contributed by atoms with Crippen molar-refractivity contribution >= 4 is 44.0 Å². The molecule has 2 heterocycles. The van der Waals surface area contributed by atoms with E-state index < -0.39 is 16.6 Å². The molecule has 1 fully saturated rings. The molecular weight excluding hydrogens is 573 g/mol. The van der Waals surface area contributed by atoms with Crippen LogP contribution in [0.25, 0.3) is 10.1 Å². The van der Waals surface area contributed by atoms with Crippen molar-refractivity contribution in [3.8, 4) is 0 Å². The normalized spacial score (nSPS) is 26.3. The summed E-state index contributed by atoms with van der Waals surface area (Å²) in [6.45, 7) is 23.1. The fourth-order valence-corrected chi connectivity index (χ4v) is 9.13. The summed E-state index contributed by atoms with van der Waals surface area (Å²) in [4.78, 5) is 12.8. The standard InChI is InChI=1S/C35H54O4SSi2/c1-34(2,3)41(7,8)38-29(28-24-40-32-19-16-15-18-27(28)32)22-21-26-25-17-13-11-12-14-20-33(36)37-30(25)23-31(26)39-42(9,10)35(4,5)6/h11,13,15-16,18-19,21-22,24-26,29-31H,12,14,17,20,23H2,1-10H3/b13-11-,22-21+/t25-,26-,29-,30+,31-/m1/s1. The van der Waals surface area contributed by atoms with E-state index in [2.05, 4.69) is 122 Å². The van der Waals surface area contributed by atoms with Crippen LogP contribution >= 0.6 is 11.3 Å². The Labute approximate surface area is 261 Å². The molecule has 0 unspecified atom stereocenters. The zero-order chi connectivity index (χ0) is 30.9. The van der Waals surface area contributed by atoms with Crippen LogP contribution in [0.15, 0.2) is 53.9 Å². The number of esters is 1. The highest BCUT2D eigenvalue weighted by molar-refractivity contribution is 7.17. The van der Waals surface area contributed by atoms with Crippen LogP contribution in [0.2, 0.25) is 36.3 Å². The number of ether oxygens (including phenoxy) is 1. The quantitative estimate of drug-likeness (QED) is 0.174. The van der Waals surface area contributed by atoms with Crippen LogP contribution in [0.5, 0.6) is 0 Å². The van der Waals surface area contributed by atoms with E-state index >= 15 is 0 Å². The highest BCUT2D eigenvalue weighted by Crippen LogP contribution is 2.47. The van der Waals surface area contributed by atoms with Gasteiger partial charge < -0.3 is 13.6 Å². The van der Waals surface area contributed by atoms with Crippen LogP contribution in [0.1, 0.15) is 85.3 Å². The second kappa shape index (κ2) is 12.8. The lowest BCUT2D eigenvalue weighted by atomic mass is 9.89. The smallest absolute Gasteiger partial charge is 0.306 e. The lowest BCUT2D eigenvalue weighted by Gasteiger charge is -2.40. The topological polar surface area (TPSA) is 44.8 Å². The summed E-state index contributed by atoms with van der Waals surface area (Å²) < 4.78 is 21.8. The van der Waals surface area contributed by atoms with Gasteiger partial charge in [-0.25, -0.2) is 0 Å². The van der Waals surface area contributed by atoms with E-state index in [0.29, 0.717) is 6.42 Å². The van der Waals surface area contributed by atoms with Gasteiger partial charge >= 0.3 is 5.97 Å². The maximum atomic E-state index is 12.8. The number of rotatable bonds is 7. The van der Waals surface area contributed by atoms with Crippen LogP contribution in [-0.4, -0.2) is 34.8 Å². The van der Waals surface area contributed by atoms with E-state index in [1.54, 1.807) is 11.3 Å². The van der Waals surface area contributed by atoms with Crippen LogP contribution < -0.4 is 0 Å². The lowest BCUT2D eigenvalue weighted by molar-refractivity contribution is -0.151. The average molecular weight is 627 g/mol. The number of hydrogen-bond acceptors (Lipinski definition) is 5. The number of allylic oxidation sites excluding steroid dienone is 2. The third-order valence-electron chi connectivity index (χ3n) is 10.3. The Hall–Kier alpha value is -1.52. The SMILES string of the molecule is CC(C)(C)[Si](C)(C)O[C@H](/C=C/[C@@H]1[C@H]2C/C=C\CCCC(=O)O[C@H]2C[C@H]1O[Si](C)(C)C(C)(C)C)c1csc2ccccc12. The molecule has 0 bridgehead atoms. The third kappa shape index (κ3) is 7.58. The molecule has 0 saturated heterocycles. The largest absolute Gasteiger partial charge is 0.462 e. The lowest BCUT2D eigenvalue weighted by Crippen LogP contribution is -2.45. The van der Waals surface area contributed by atoms with Crippen LogP contribution in [0.3, 0.4) is 0 Å². The first-order valence-corrected chi connectivity index (χ1v) is 22.5. The van der Waals surface area contributed by atoms with Crippen LogP contribution in [0.4, 0.5) is 0 Å². The third-order valence-corrected chi connectivity index (χ3v) is 20.2. The van der Waals surface area contributed by atoms with Gasteiger partial charge in [-0.3, -0.25) is 4.79 Å². The molecule has 1 aromatic carbocycles. The van der Waals surface area contributed by atoms with Crippen molar-refractivity contribution in [3.05, 3.63) is 59.5 Å². The Bertz CT molecular complexity index is 1280. The molecule has 2 aliphatic rings. The van der Waals surface area contributed by atoms with Crippen LogP contribution in [-0.2, 0) is 18.4 Å². The Kier molecular flexibility index (Phi) is 10.2. The minimum absolute atomic E-state index is 0.00633. The van der Waals surface area contributed by atoms with Gasteiger partial charge in [0.2, 0.25) is 0 Å². The highest BCUT2D eigenvalue weighted by atomic mass is 32.1. The molecule has 1 aromatic heterocycles. The number of carbonyl (C=O) groups is 1. The Balaban J connectivity index is 1.76. The summed E-state index contributed by atoms with van der Waals surface area (Å²) in [7, 11) is -4.15. The first-order valence-electron chi connectivity index (χ1n) is 15.8. The van der Waals surface area contributed by atoms with Crippen molar-refractivity contribution in [1.29, 1.82) is 0 Å². The fourth-order valence-electron chi connectivity index (χ4n) is 5.59. The van der Waals surface area contributed by atoms with E-state index in [1.165, 1.54) is 15.6 Å². The summed E-state index contributed by atoms with van der Waals surface area (Å²) in [5, 5.41) is 3.73. The van der Waals surface area contributed by atoms with Gasteiger partial charge in [0.05, 0.1) is 12.2 Å². The Morgan fingerprint density at radius 1 is 1.00 bits per heavy atom. The van der Waals surface area contributed by atoms with E-state index in [4.69, 9.17) is 13.6 Å². The van der Waals surface area contributed by atoms with E-state index in [0.717, 1.165) is 25.7 Å². The van der Waals surface area contributed by atoms with Crippen molar-refractivity contribution in [2.75, 3.05) is 0 Å². The first-order chi connectivity index (χ1) is 19.5. The van der Waals surface area contributed by atoms with Gasteiger partial charge in [0.1, 0.15) is 6.10 Å². The zero-order valence-electron chi connectivity index (χ0n) is 27.7. The molecular formula is C35H54O4SSi2. The molecule has 0 amide bonds. The monoisotopic (exact) mass is 626 g/mol. The van der Waals surface area contributed by atoms with Gasteiger partial charge in [0, 0.05) is 34.9 Å². The van der Waals surface area contributed by atoms with Crippen molar-refractivity contribution in [2.24, 2.45) is 11.8 Å². The molecule has 4 rings (SSSR count). The molecule has 1 saturated carbocycles. The van der Waals surface area contributed by atoms with E-state index in [9.17, 15) is 4.79 Å². The fraction of sp³-hybridized carbons (Fsp3) is 0.629. The minimum atomic E-state index is -2.09. The first kappa shape index (κ1) is 33.4. The predicted octanol–water partition coefficient (Wildman–Crippen LogP) is 10.6. The van der Waals surface area contributed by atoms with E-state index in [1.807, 2.05) is 0 Å². The molecule has 5 atom stereocenters. The van der Waals surface area contributed by atoms with Gasteiger partial charge in [0.25, 0.3) is 0 Å². The van der Waals surface area contributed by atoms with Gasteiger partial charge in [-0.15, -0.1) is 11.3 Å². The Morgan fingerprint density at radius 2 is 1.69 bits per heavy atom. The predicted molar refractivity (Wildman–Crippen MR) is 183 cm³/mol. The van der Waals surface area contributed by atoms with Gasteiger partial charge in [0.15, 0.2) is 16.6 Å². The summed E-state index contributed by atoms with van der Waals surface area (Å²) >= 11 is 1.79.